The molecule has 0 saturated carbocycles. The molecule has 0 radical (unpaired) electrons. The van der Waals surface area contributed by atoms with E-state index in [1.807, 2.05) is 35.8 Å². The largest absolute Gasteiger partial charge is 0.418 e. The quantitative estimate of drug-likeness (QED) is 0.387. The third-order valence-electron chi connectivity index (χ3n) is 4.96. The summed E-state index contributed by atoms with van der Waals surface area (Å²) in [5, 5.41) is 11.0. The summed E-state index contributed by atoms with van der Waals surface area (Å²) in [6, 6.07) is 11.4. The Bertz CT molecular complexity index is 1140. The Morgan fingerprint density at radius 2 is 1.76 bits per heavy atom. The van der Waals surface area contributed by atoms with Crippen molar-refractivity contribution in [1.82, 2.24) is 14.8 Å². The first-order chi connectivity index (χ1) is 15.4. The van der Waals surface area contributed by atoms with Gasteiger partial charge in [-0.15, -0.1) is 10.2 Å². The van der Waals surface area contributed by atoms with Crippen molar-refractivity contribution in [2.45, 2.75) is 51.0 Å². The molecule has 1 heterocycles. The number of anilines is 1. The number of nitrogens with zero attached hydrogens (tertiary/aromatic N) is 3. The number of nitrogens with one attached hydrogen (secondary N) is 1. The van der Waals surface area contributed by atoms with Crippen LogP contribution in [0.5, 0.6) is 0 Å². The summed E-state index contributed by atoms with van der Waals surface area (Å²) in [5.41, 5.74) is 0.663. The van der Waals surface area contributed by atoms with E-state index in [9.17, 15) is 18.0 Å². The van der Waals surface area contributed by atoms with Gasteiger partial charge in [-0.25, -0.2) is 0 Å². The highest BCUT2D eigenvalue weighted by Gasteiger charge is 2.34. The van der Waals surface area contributed by atoms with Gasteiger partial charge in [0, 0.05) is 12.1 Å². The number of aromatic nitrogens is 3. The van der Waals surface area contributed by atoms with E-state index in [2.05, 4.69) is 36.3 Å². The first kappa shape index (κ1) is 25.1. The van der Waals surface area contributed by atoms with E-state index in [0.717, 1.165) is 23.4 Å². The number of amides is 1. The molecule has 0 fully saturated rings. The predicted octanol–water partition coefficient (Wildman–Crippen LogP) is 6.67. The molecule has 176 valence electrons. The maximum atomic E-state index is 13.2. The summed E-state index contributed by atoms with van der Waals surface area (Å²) >= 11 is 7.00. The second-order valence-corrected chi connectivity index (χ2v) is 9.72. The number of carbonyl (C=O) groups excluding carboxylic acids is 1. The molecule has 3 rings (SSSR count). The normalized spacial score (nSPS) is 12.1. The molecule has 0 aliphatic heterocycles. The van der Waals surface area contributed by atoms with Crippen LogP contribution < -0.4 is 5.32 Å². The summed E-state index contributed by atoms with van der Waals surface area (Å²) in [4.78, 5) is 12.4. The van der Waals surface area contributed by atoms with Crippen molar-refractivity contribution < 1.29 is 18.0 Å². The van der Waals surface area contributed by atoms with Crippen molar-refractivity contribution >= 4 is 35.0 Å². The minimum Gasteiger partial charge on any atom is -0.324 e. The Morgan fingerprint density at radius 3 is 2.33 bits per heavy atom. The topological polar surface area (TPSA) is 59.8 Å². The van der Waals surface area contributed by atoms with Crippen LogP contribution in [0.15, 0.2) is 47.6 Å². The van der Waals surface area contributed by atoms with Crippen LogP contribution in [-0.2, 0) is 22.9 Å². The number of para-hydroxylation sites is 1. The fraction of sp³-hybridized carbons (Fsp3) is 0.348. The van der Waals surface area contributed by atoms with Crippen molar-refractivity contribution in [1.29, 1.82) is 0 Å². The minimum absolute atomic E-state index is 0.0267. The van der Waals surface area contributed by atoms with E-state index in [1.54, 1.807) is 0 Å². The molecule has 0 spiro atoms. The first-order valence-corrected chi connectivity index (χ1v) is 11.6. The van der Waals surface area contributed by atoms with Crippen LogP contribution in [0.1, 0.15) is 38.8 Å². The molecule has 33 heavy (non-hydrogen) atoms. The minimum atomic E-state index is -4.64. The van der Waals surface area contributed by atoms with E-state index < -0.39 is 23.3 Å². The van der Waals surface area contributed by atoms with Gasteiger partial charge in [0.1, 0.15) is 0 Å². The Kier molecular flexibility index (Phi) is 7.43. The van der Waals surface area contributed by atoms with Crippen LogP contribution in [0.25, 0.3) is 11.4 Å². The molecule has 0 aliphatic rings. The molecule has 10 heteroatoms. The Balaban J connectivity index is 1.75. The molecule has 0 unspecified atom stereocenters. The second-order valence-electron chi connectivity index (χ2n) is 8.37. The lowest BCUT2D eigenvalue weighted by molar-refractivity contribution is -0.137. The van der Waals surface area contributed by atoms with Crippen LogP contribution in [0.2, 0.25) is 5.02 Å². The van der Waals surface area contributed by atoms with E-state index in [0.29, 0.717) is 17.5 Å². The Hall–Kier alpha value is -2.52. The van der Waals surface area contributed by atoms with Gasteiger partial charge in [0.2, 0.25) is 5.91 Å². The van der Waals surface area contributed by atoms with Crippen LogP contribution in [0, 0.1) is 0 Å². The highest BCUT2D eigenvalue weighted by atomic mass is 35.5. The summed E-state index contributed by atoms with van der Waals surface area (Å²) in [6.45, 7) is 8.90. The summed E-state index contributed by atoms with van der Waals surface area (Å²) < 4.78 is 41.6. The molecule has 1 N–H and O–H groups in total. The standard InChI is InChI=1S/C23H24ClF3N4OS/c1-5-31-20(14-9-11-15(12-10-14)22(2,3)4)29-30-21(31)33-13-18(32)28-19-16(23(25,26)27)7-6-8-17(19)24/h6-12H,5,13H2,1-4H3,(H,28,32). The molecule has 5 nitrogen and oxygen atoms in total. The van der Waals surface area contributed by atoms with Crippen LogP contribution in [0.4, 0.5) is 18.9 Å². The molecule has 2 aromatic carbocycles. The number of hydrogen-bond donors (Lipinski definition) is 1. The van der Waals surface area contributed by atoms with Gasteiger partial charge in [-0.2, -0.15) is 13.2 Å². The molecule has 1 amide bonds. The number of carbonyl (C=O) groups is 1. The molecule has 0 saturated heterocycles. The summed E-state index contributed by atoms with van der Waals surface area (Å²) in [6.07, 6.45) is -4.64. The molecular weight excluding hydrogens is 473 g/mol. The predicted molar refractivity (Wildman–Crippen MR) is 126 cm³/mol. The monoisotopic (exact) mass is 496 g/mol. The maximum Gasteiger partial charge on any atom is 0.418 e. The van der Waals surface area contributed by atoms with Gasteiger partial charge in [0.05, 0.1) is 22.0 Å². The summed E-state index contributed by atoms with van der Waals surface area (Å²) in [5.74, 6) is -0.115. The van der Waals surface area contributed by atoms with Crippen molar-refractivity contribution in [3.8, 4) is 11.4 Å². The number of thioether (sulfide) groups is 1. The van der Waals surface area contributed by atoms with E-state index in [-0.39, 0.29) is 16.2 Å². The van der Waals surface area contributed by atoms with Crippen LogP contribution in [0.3, 0.4) is 0 Å². The van der Waals surface area contributed by atoms with Crippen molar-refractivity contribution in [2.24, 2.45) is 0 Å². The number of hydrogen-bond acceptors (Lipinski definition) is 4. The van der Waals surface area contributed by atoms with Gasteiger partial charge < -0.3 is 9.88 Å². The number of alkyl halides is 3. The maximum absolute atomic E-state index is 13.2. The molecular formula is C23H24ClF3N4OS. The zero-order valence-electron chi connectivity index (χ0n) is 18.6. The SMILES string of the molecule is CCn1c(SCC(=O)Nc2c(Cl)cccc2C(F)(F)F)nnc1-c1ccc(C(C)(C)C)cc1. The lowest BCUT2D eigenvalue weighted by atomic mass is 9.87. The number of rotatable bonds is 6. The smallest absolute Gasteiger partial charge is 0.324 e. The molecule has 1 aromatic heterocycles. The highest BCUT2D eigenvalue weighted by Crippen LogP contribution is 2.38. The summed E-state index contributed by atoms with van der Waals surface area (Å²) in [7, 11) is 0. The van der Waals surface area contributed by atoms with Gasteiger partial charge in [0.25, 0.3) is 0 Å². The molecule has 3 aromatic rings. The Morgan fingerprint density at radius 1 is 1.09 bits per heavy atom. The third-order valence-corrected chi connectivity index (χ3v) is 6.24. The van der Waals surface area contributed by atoms with Crippen LogP contribution >= 0.6 is 23.4 Å². The third kappa shape index (κ3) is 5.89. The lowest BCUT2D eigenvalue weighted by Crippen LogP contribution is -2.19. The molecule has 0 atom stereocenters. The highest BCUT2D eigenvalue weighted by molar-refractivity contribution is 7.99. The van der Waals surface area contributed by atoms with Crippen molar-refractivity contribution in [3.63, 3.8) is 0 Å². The van der Waals surface area contributed by atoms with Crippen LogP contribution in [-0.4, -0.2) is 26.4 Å². The van der Waals surface area contributed by atoms with Gasteiger partial charge in [-0.05, 0) is 30.0 Å². The van der Waals surface area contributed by atoms with Gasteiger partial charge in [-0.1, -0.05) is 74.5 Å². The fourth-order valence-corrected chi connectivity index (χ4v) is 4.23. The van der Waals surface area contributed by atoms with Gasteiger partial charge in [-0.3, -0.25) is 4.79 Å². The van der Waals surface area contributed by atoms with E-state index >= 15 is 0 Å². The number of halogens is 4. The Labute approximate surface area is 199 Å². The average Bonchev–Trinajstić information content (AvgIpc) is 3.15. The fourth-order valence-electron chi connectivity index (χ4n) is 3.21. The molecule has 0 bridgehead atoms. The second kappa shape index (κ2) is 9.77. The molecule has 0 aliphatic carbocycles. The van der Waals surface area contributed by atoms with Crippen molar-refractivity contribution in [2.75, 3.05) is 11.1 Å². The first-order valence-electron chi connectivity index (χ1n) is 10.2. The van der Waals surface area contributed by atoms with Gasteiger partial charge in [0.15, 0.2) is 11.0 Å². The van der Waals surface area contributed by atoms with E-state index in [1.165, 1.54) is 17.7 Å². The average molecular weight is 497 g/mol. The lowest BCUT2D eigenvalue weighted by Gasteiger charge is -2.19. The zero-order chi connectivity index (χ0) is 24.4. The van der Waals surface area contributed by atoms with E-state index in [4.69, 9.17) is 11.6 Å². The number of benzene rings is 2. The van der Waals surface area contributed by atoms with Gasteiger partial charge >= 0.3 is 6.18 Å². The zero-order valence-corrected chi connectivity index (χ0v) is 20.2. The van der Waals surface area contributed by atoms with Crippen molar-refractivity contribution in [3.05, 3.63) is 58.6 Å².